The van der Waals surface area contributed by atoms with Crippen molar-refractivity contribution in [3.05, 3.63) is 62.4 Å². The number of fused-ring (bicyclic) bond motifs is 1. The van der Waals surface area contributed by atoms with E-state index in [0.717, 1.165) is 26.9 Å². The molecule has 0 radical (unpaired) electrons. The highest BCUT2D eigenvalue weighted by Gasteiger charge is 2.14. The van der Waals surface area contributed by atoms with Crippen molar-refractivity contribution in [1.82, 2.24) is 9.38 Å². The van der Waals surface area contributed by atoms with Crippen LogP contribution in [0.1, 0.15) is 11.1 Å². The second-order valence-corrected chi connectivity index (χ2v) is 5.87. The van der Waals surface area contributed by atoms with Crippen LogP contribution < -0.4 is 0 Å². The number of halogens is 1. The number of nitrogens with zero attached hydrogens (tertiary/aromatic N) is 3. The van der Waals surface area contributed by atoms with E-state index in [0.29, 0.717) is 5.56 Å². The molecule has 0 amide bonds. The third-order valence-corrected chi connectivity index (χ3v) is 3.84. The fraction of sp³-hybridized carbons (Fsp3) is 0.133. The molecular weight excluding hydrogens is 334 g/mol. The van der Waals surface area contributed by atoms with Crippen LogP contribution in [0.15, 0.2) is 41.1 Å². The van der Waals surface area contributed by atoms with Crippen LogP contribution in [0.4, 0.5) is 5.69 Å². The summed E-state index contributed by atoms with van der Waals surface area (Å²) in [6.07, 6.45) is 3.79. The van der Waals surface area contributed by atoms with Gasteiger partial charge in [-0.3, -0.25) is 10.1 Å². The molecule has 1 aromatic carbocycles. The van der Waals surface area contributed by atoms with Gasteiger partial charge in [-0.05, 0) is 41.4 Å². The normalized spacial score (nSPS) is 11.0. The van der Waals surface area contributed by atoms with Crippen molar-refractivity contribution in [1.29, 1.82) is 0 Å². The second-order valence-electron chi connectivity index (χ2n) is 4.96. The molecule has 3 aromatic rings. The third-order valence-electron chi connectivity index (χ3n) is 3.40. The summed E-state index contributed by atoms with van der Waals surface area (Å²) in [4.78, 5) is 15.3. The summed E-state index contributed by atoms with van der Waals surface area (Å²) >= 11 is 3.45. The Morgan fingerprint density at radius 2 is 1.95 bits per heavy atom. The summed E-state index contributed by atoms with van der Waals surface area (Å²) in [5, 5.41) is 11.0. The van der Waals surface area contributed by atoms with E-state index in [1.165, 1.54) is 0 Å². The molecule has 0 saturated heterocycles. The van der Waals surface area contributed by atoms with E-state index in [2.05, 4.69) is 20.9 Å². The molecule has 106 valence electrons. The summed E-state index contributed by atoms with van der Waals surface area (Å²) in [5.74, 6) is 0. The molecule has 0 bridgehead atoms. The monoisotopic (exact) mass is 345 g/mol. The van der Waals surface area contributed by atoms with Crippen LogP contribution in [0.25, 0.3) is 16.9 Å². The van der Waals surface area contributed by atoms with Gasteiger partial charge in [-0.15, -0.1) is 0 Å². The van der Waals surface area contributed by atoms with E-state index in [1.54, 1.807) is 19.1 Å². The van der Waals surface area contributed by atoms with Gasteiger partial charge in [0, 0.05) is 34.1 Å². The van der Waals surface area contributed by atoms with Crippen molar-refractivity contribution in [2.45, 2.75) is 13.8 Å². The van der Waals surface area contributed by atoms with Gasteiger partial charge >= 0.3 is 0 Å². The van der Waals surface area contributed by atoms with Crippen molar-refractivity contribution in [3.8, 4) is 11.3 Å². The quantitative estimate of drug-likeness (QED) is 0.514. The Morgan fingerprint density at radius 1 is 1.19 bits per heavy atom. The molecule has 0 aliphatic carbocycles. The Hall–Kier alpha value is -2.21. The van der Waals surface area contributed by atoms with E-state index < -0.39 is 0 Å². The van der Waals surface area contributed by atoms with Crippen molar-refractivity contribution in [2.24, 2.45) is 0 Å². The van der Waals surface area contributed by atoms with Crippen LogP contribution in [-0.4, -0.2) is 14.3 Å². The number of benzene rings is 1. The first-order valence-corrected chi connectivity index (χ1v) is 7.15. The SMILES string of the molecule is Cc1ccc(-c2cn3cc(Br)cc(C)c3n2)cc1[N+](=O)[O-]. The topological polar surface area (TPSA) is 60.4 Å². The lowest BCUT2D eigenvalue weighted by atomic mass is 10.1. The first-order chi connectivity index (χ1) is 9.95. The zero-order valence-electron chi connectivity index (χ0n) is 11.5. The first-order valence-electron chi connectivity index (χ1n) is 6.36. The zero-order chi connectivity index (χ0) is 15.1. The minimum atomic E-state index is -0.365. The lowest BCUT2D eigenvalue weighted by Gasteiger charge is -1.99. The largest absolute Gasteiger partial charge is 0.305 e. The van der Waals surface area contributed by atoms with E-state index >= 15 is 0 Å². The highest BCUT2D eigenvalue weighted by atomic mass is 79.9. The molecule has 0 fully saturated rings. The number of nitro groups is 1. The van der Waals surface area contributed by atoms with E-state index in [4.69, 9.17) is 0 Å². The Kier molecular flexibility index (Phi) is 3.25. The van der Waals surface area contributed by atoms with Gasteiger partial charge < -0.3 is 4.40 Å². The summed E-state index contributed by atoms with van der Waals surface area (Å²) < 4.78 is 2.88. The Morgan fingerprint density at radius 3 is 2.67 bits per heavy atom. The number of pyridine rings is 1. The Labute approximate surface area is 129 Å². The molecule has 0 saturated carbocycles. The van der Waals surface area contributed by atoms with E-state index in [9.17, 15) is 10.1 Å². The van der Waals surface area contributed by atoms with Gasteiger partial charge in [0.25, 0.3) is 5.69 Å². The molecule has 0 spiro atoms. The maximum atomic E-state index is 11.0. The van der Waals surface area contributed by atoms with Gasteiger partial charge in [-0.25, -0.2) is 4.98 Å². The number of imidazole rings is 1. The predicted octanol–water partition coefficient (Wildman–Crippen LogP) is 4.29. The number of aromatic nitrogens is 2. The van der Waals surface area contributed by atoms with Crippen molar-refractivity contribution < 1.29 is 4.92 Å². The second kappa shape index (κ2) is 4.96. The molecule has 0 atom stereocenters. The summed E-state index contributed by atoms with van der Waals surface area (Å²) in [7, 11) is 0. The molecule has 0 N–H and O–H groups in total. The average Bonchev–Trinajstić information content (AvgIpc) is 2.83. The number of hydrogen-bond acceptors (Lipinski definition) is 3. The van der Waals surface area contributed by atoms with Gasteiger partial charge in [-0.1, -0.05) is 12.1 Å². The van der Waals surface area contributed by atoms with Crippen LogP contribution in [-0.2, 0) is 0 Å². The van der Waals surface area contributed by atoms with Gasteiger partial charge in [0.1, 0.15) is 5.65 Å². The molecule has 2 aromatic heterocycles. The maximum Gasteiger partial charge on any atom is 0.272 e. The third kappa shape index (κ3) is 2.42. The maximum absolute atomic E-state index is 11.0. The summed E-state index contributed by atoms with van der Waals surface area (Å²) in [5.41, 5.74) is 4.10. The number of aryl methyl sites for hydroxylation is 2. The number of nitro benzene ring substituents is 1. The number of hydrogen-bond donors (Lipinski definition) is 0. The minimum absolute atomic E-state index is 0.113. The molecule has 0 aliphatic heterocycles. The van der Waals surface area contributed by atoms with Crippen molar-refractivity contribution in [2.75, 3.05) is 0 Å². The summed E-state index contributed by atoms with van der Waals surface area (Å²) in [6.45, 7) is 3.71. The van der Waals surface area contributed by atoms with Crippen molar-refractivity contribution >= 4 is 27.3 Å². The Balaban J connectivity index is 2.19. The molecule has 0 unspecified atom stereocenters. The molecule has 0 aliphatic rings. The lowest BCUT2D eigenvalue weighted by Crippen LogP contribution is -1.92. The van der Waals surface area contributed by atoms with Gasteiger partial charge in [0.15, 0.2) is 0 Å². The van der Waals surface area contributed by atoms with Crippen LogP contribution in [0.5, 0.6) is 0 Å². The van der Waals surface area contributed by atoms with E-state index in [-0.39, 0.29) is 10.6 Å². The van der Waals surface area contributed by atoms with Gasteiger partial charge in [0.05, 0.1) is 10.6 Å². The van der Waals surface area contributed by atoms with Gasteiger partial charge in [-0.2, -0.15) is 0 Å². The first kappa shape index (κ1) is 13.8. The smallest absolute Gasteiger partial charge is 0.272 e. The molecular formula is C15H12BrN3O2. The fourth-order valence-electron chi connectivity index (χ4n) is 2.33. The molecule has 6 heteroatoms. The van der Waals surface area contributed by atoms with E-state index in [1.807, 2.05) is 35.9 Å². The summed E-state index contributed by atoms with van der Waals surface area (Å²) in [6, 6.07) is 7.17. The van der Waals surface area contributed by atoms with Gasteiger partial charge in [0.2, 0.25) is 0 Å². The van der Waals surface area contributed by atoms with Crippen LogP contribution in [0.2, 0.25) is 0 Å². The highest BCUT2D eigenvalue weighted by molar-refractivity contribution is 9.10. The standard InChI is InChI=1S/C15H12BrN3O2/c1-9-3-4-11(6-14(9)19(20)21)13-8-18-7-12(16)5-10(2)15(18)17-13/h3-8H,1-2H3. The van der Waals surface area contributed by atoms with Crippen molar-refractivity contribution in [3.63, 3.8) is 0 Å². The van der Waals surface area contributed by atoms with Crippen LogP contribution in [0.3, 0.4) is 0 Å². The van der Waals surface area contributed by atoms with Crippen LogP contribution >= 0.6 is 15.9 Å². The molecule has 2 heterocycles. The lowest BCUT2D eigenvalue weighted by molar-refractivity contribution is -0.385. The highest BCUT2D eigenvalue weighted by Crippen LogP contribution is 2.27. The number of rotatable bonds is 2. The molecule has 21 heavy (non-hydrogen) atoms. The fourth-order valence-corrected chi connectivity index (χ4v) is 2.89. The minimum Gasteiger partial charge on any atom is -0.305 e. The molecule has 3 rings (SSSR count). The van der Waals surface area contributed by atoms with Crippen LogP contribution in [0, 0.1) is 24.0 Å². The Bertz CT molecular complexity index is 871. The average molecular weight is 346 g/mol. The predicted molar refractivity (Wildman–Crippen MR) is 84.5 cm³/mol. The molecule has 5 nitrogen and oxygen atoms in total. The zero-order valence-corrected chi connectivity index (χ0v) is 13.1.